The topological polar surface area (TPSA) is 129 Å². The summed E-state index contributed by atoms with van der Waals surface area (Å²) in [5.41, 5.74) is 4.29. The van der Waals surface area contributed by atoms with Crippen molar-refractivity contribution in [2.75, 3.05) is 25.6 Å². The van der Waals surface area contributed by atoms with Crippen LogP contribution >= 0.6 is 0 Å². The Morgan fingerprint density at radius 1 is 1.62 bits per heavy atom. The SMILES string of the molecule is C=CC1(CO)OCC(F)(n2cnc3c(OCC)nc(N)nc32)C1O. The van der Waals surface area contributed by atoms with E-state index >= 15 is 4.39 Å². The van der Waals surface area contributed by atoms with Crippen molar-refractivity contribution in [3.63, 3.8) is 0 Å². The summed E-state index contributed by atoms with van der Waals surface area (Å²) in [5, 5.41) is 19.9. The van der Waals surface area contributed by atoms with Crippen LogP contribution in [0.3, 0.4) is 0 Å². The summed E-state index contributed by atoms with van der Waals surface area (Å²) >= 11 is 0. The number of fused-ring (bicyclic) bond motifs is 1. The van der Waals surface area contributed by atoms with Gasteiger partial charge < -0.3 is 25.4 Å². The van der Waals surface area contributed by atoms with Gasteiger partial charge in [-0.05, 0) is 6.92 Å². The van der Waals surface area contributed by atoms with Gasteiger partial charge in [-0.2, -0.15) is 9.97 Å². The molecule has 0 saturated carbocycles. The minimum absolute atomic E-state index is 0.0499. The Bertz CT molecular complexity index is 784. The zero-order chi connectivity index (χ0) is 17.5. The molecule has 1 aliphatic heterocycles. The largest absolute Gasteiger partial charge is 0.476 e. The second-order valence-corrected chi connectivity index (χ2v) is 5.43. The summed E-state index contributed by atoms with van der Waals surface area (Å²) < 4.78 is 27.2. The van der Waals surface area contributed by atoms with E-state index in [4.69, 9.17) is 15.2 Å². The number of alkyl halides is 1. The Balaban J connectivity index is 2.15. The minimum Gasteiger partial charge on any atom is -0.476 e. The maximum atomic E-state index is 15.6. The van der Waals surface area contributed by atoms with Gasteiger partial charge in [-0.1, -0.05) is 6.08 Å². The third kappa shape index (κ3) is 2.14. The highest BCUT2D eigenvalue weighted by molar-refractivity contribution is 5.77. The van der Waals surface area contributed by atoms with Crippen LogP contribution in [-0.2, 0) is 10.5 Å². The highest BCUT2D eigenvalue weighted by Gasteiger charge is 2.59. The smallest absolute Gasteiger partial charge is 0.247 e. The Morgan fingerprint density at radius 2 is 2.38 bits per heavy atom. The van der Waals surface area contributed by atoms with E-state index < -0.39 is 30.7 Å². The van der Waals surface area contributed by atoms with Crippen molar-refractivity contribution < 1.29 is 24.1 Å². The second kappa shape index (κ2) is 5.65. The molecule has 2 aromatic rings. The molecule has 24 heavy (non-hydrogen) atoms. The van der Waals surface area contributed by atoms with E-state index in [0.29, 0.717) is 6.61 Å². The van der Waals surface area contributed by atoms with Crippen LogP contribution in [0.5, 0.6) is 5.88 Å². The summed E-state index contributed by atoms with van der Waals surface area (Å²) in [6.07, 6.45) is 0.606. The minimum atomic E-state index is -2.42. The molecule has 3 unspecified atom stereocenters. The van der Waals surface area contributed by atoms with Crippen molar-refractivity contribution in [1.82, 2.24) is 19.5 Å². The lowest BCUT2D eigenvalue weighted by Crippen LogP contribution is -2.50. The van der Waals surface area contributed by atoms with E-state index in [2.05, 4.69) is 21.5 Å². The predicted molar refractivity (Wildman–Crippen MR) is 82.0 cm³/mol. The lowest BCUT2D eigenvalue weighted by molar-refractivity contribution is -0.0780. The van der Waals surface area contributed by atoms with Crippen LogP contribution in [0.1, 0.15) is 6.92 Å². The zero-order valence-electron chi connectivity index (χ0n) is 13.0. The maximum Gasteiger partial charge on any atom is 0.247 e. The van der Waals surface area contributed by atoms with Crippen molar-refractivity contribution in [3.8, 4) is 5.88 Å². The van der Waals surface area contributed by atoms with Gasteiger partial charge in [0.05, 0.1) is 13.2 Å². The second-order valence-electron chi connectivity index (χ2n) is 5.43. The van der Waals surface area contributed by atoms with Crippen LogP contribution in [-0.4, -0.2) is 61.3 Å². The van der Waals surface area contributed by atoms with Crippen molar-refractivity contribution in [2.24, 2.45) is 0 Å². The van der Waals surface area contributed by atoms with E-state index in [1.807, 2.05) is 0 Å². The first-order valence-electron chi connectivity index (χ1n) is 7.31. The van der Waals surface area contributed by atoms with Gasteiger partial charge in [-0.15, -0.1) is 6.58 Å². The molecule has 0 bridgehead atoms. The Morgan fingerprint density at radius 3 is 2.96 bits per heavy atom. The van der Waals surface area contributed by atoms with Crippen molar-refractivity contribution >= 4 is 17.1 Å². The Labute approximate surface area is 136 Å². The first-order chi connectivity index (χ1) is 11.4. The van der Waals surface area contributed by atoms with Gasteiger partial charge in [0, 0.05) is 0 Å². The number of hydrogen-bond donors (Lipinski definition) is 3. The monoisotopic (exact) mass is 339 g/mol. The molecule has 0 aromatic carbocycles. The Kier molecular flexibility index (Phi) is 3.90. The third-order valence-corrected chi connectivity index (χ3v) is 4.08. The molecule has 0 aliphatic carbocycles. The summed E-state index contributed by atoms with van der Waals surface area (Å²) in [5.74, 6) is -2.43. The summed E-state index contributed by atoms with van der Waals surface area (Å²) in [7, 11) is 0. The number of rotatable bonds is 5. The molecule has 0 radical (unpaired) electrons. The summed E-state index contributed by atoms with van der Waals surface area (Å²) in [6, 6.07) is 0. The summed E-state index contributed by atoms with van der Waals surface area (Å²) in [6.45, 7) is 4.41. The van der Waals surface area contributed by atoms with Crippen molar-refractivity contribution in [2.45, 2.75) is 24.4 Å². The van der Waals surface area contributed by atoms with E-state index in [9.17, 15) is 10.2 Å². The van der Waals surface area contributed by atoms with Crippen LogP contribution in [0.2, 0.25) is 0 Å². The van der Waals surface area contributed by atoms with Crippen molar-refractivity contribution in [1.29, 1.82) is 0 Å². The molecule has 4 N–H and O–H groups in total. The van der Waals surface area contributed by atoms with Crippen LogP contribution in [0.15, 0.2) is 19.0 Å². The molecule has 2 aromatic heterocycles. The van der Waals surface area contributed by atoms with E-state index in [-0.39, 0.29) is 23.0 Å². The van der Waals surface area contributed by atoms with Gasteiger partial charge >= 0.3 is 0 Å². The van der Waals surface area contributed by atoms with E-state index in [1.165, 1.54) is 6.08 Å². The zero-order valence-corrected chi connectivity index (χ0v) is 13.0. The number of anilines is 1. The molecule has 3 rings (SSSR count). The van der Waals surface area contributed by atoms with Gasteiger partial charge in [0.1, 0.15) is 24.6 Å². The number of aromatic nitrogens is 4. The number of halogens is 1. The highest BCUT2D eigenvalue weighted by Crippen LogP contribution is 2.42. The van der Waals surface area contributed by atoms with Crippen LogP contribution < -0.4 is 10.5 Å². The van der Waals surface area contributed by atoms with Crippen LogP contribution in [0.4, 0.5) is 10.3 Å². The third-order valence-electron chi connectivity index (χ3n) is 4.08. The fourth-order valence-corrected chi connectivity index (χ4v) is 2.74. The first-order valence-corrected chi connectivity index (χ1v) is 7.31. The molecule has 3 atom stereocenters. The number of aliphatic hydroxyl groups excluding tert-OH is 2. The molecular weight excluding hydrogens is 321 g/mol. The number of hydrogen-bond acceptors (Lipinski definition) is 8. The lowest BCUT2D eigenvalue weighted by Gasteiger charge is -2.30. The summed E-state index contributed by atoms with van der Waals surface area (Å²) in [4.78, 5) is 12.0. The number of nitrogens with zero attached hydrogens (tertiary/aromatic N) is 4. The number of nitrogen functional groups attached to an aromatic ring is 1. The predicted octanol–water partition coefficient (Wildman–Crippen LogP) is -0.262. The molecule has 1 aliphatic rings. The maximum absolute atomic E-state index is 15.6. The lowest BCUT2D eigenvalue weighted by atomic mass is 9.93. The number of nitrogens with two attached hydrogens (primary N) is 1. The highest BCUT2D eigenvalue weighted by atomic mass is 19.1. The first kappa shape index (κ1) is 16.6. The van der Waals surface area contributed by atoms with E-state index in [0.717, 1.165) is 10.9 Å². The van der Waals surface area contributed by atoms with Gasteiger partial charge in [0.2, 0.25) is 17.6 Å². The molecule has 10 heteroatoms. The number of aliphatic hydroxyl groups is 2. The standard InChI is InChI=1S/C14H18FN5O4/c1-3-13(5-21)11(22)14(15,6-24-13)20-7-17-8-9(20)18-12(16)19-10(8)23-4-2/h3,7,11,21-22H,1,4-6H2,2H3,(H2,16,18,19). The van der Waals surface area contributed by atoms with Crippen molar-refractivity contribution in [3.05, 3.63) is 19.0 Å². The molecule has 0 spiro atoms. The number of imidazole rings is 1. The van der Waals surface area contributed by atoms with Crippen LogP contribution in [0.25, 0.3) is 11.2 Å². The molecule has 0 amide bonds. The quantitative estimate of drug-likeness (QED) is 0.636. The molecular formula is C14H18FN5O4. The number of ether oxygens (including phenoxy) is 2. The molecule has 1 fully saturated rings. The molecule has 130 valence electrons. The van der Waals surface area contributed by atoms with Gasteiger partial charge in [0.15, 0.2) is 11.2 Å². The van der Waals surface area contributed by atoms with Crippen LogP contribution in [0, 0.1) is 0 Å². The normalized spacial score (nSPS) is 29.9. The van der Waals surface area contributed by atoms with Gasteiger partial charge in [-0.25, -0.2) is 9.37 Å². The molecule has 1 saturated heterocycles. The van der Waals surface area contributed by atoms with Gasteiger partial charge in [0.25, 0.3) is 0 Å². The molecule has 9 nitrogen and oxygen atoms in total. The Hall–Kier alpha value is -2.30. The van der Waals surface area contributed by atoms with Gasteiger partial charge in [-0.3, -0.25) is 4.57 Å². The van der Waals surface area contributed by atoms with E-state index in [1.54, 1.807) is 6.92 Å². The molecule has 3 heterocycles. The fourth-order valence-electron chi connectivity index (χ4n) is 2.74. The average molecular weight is 339 g/mol. The fraction of sp³-hybridized carbons (Fsp3) is 0.500. The average Bonchev–Trinajstić information content (AvgIpc) is 3.10.